The molecule has 1 aromatic rings. The first-order valence-corrected chi connectivity index (χ1v) is 6.12. The van der Waals surface area contributed by atoms with Crippen LogP contribution >= 0.6 is 35.4 Å². The molecule has 0 atom stereocenters. The Morgan fingerprint density at radius 2 is 2.19 bits per heavy atom. The molecule has 0 saturated heterocycles. The summed E-state index contributed by atoms with van der Waals surface area (Å²) in [5.41, 5.74) is 0.801. The first kappa shape index (κ1) is 11.9. The van der Waals surface area contributed by atoms with E-state index in [1.54, 1.807) is 6.20 Å². The minimum atomic E-state index is 0.507. The summed E-state index contributed by atoms with van der Waals surface area (Å²) < 4.78 is 0. The predicted octanol–water partition coefficient (Wildman–Crippen LogP) is 3.15. The molecule has 0 aliphatic heterocycles. The highest BCUT2D eigenvalue weighted by Gasteiger charge is 2.22. The Bertz CT molecular complexity index is 432. The van der Waals surface area contributed by atoms with Crippen LogP contribution in [0.2, 0.25) is 10.0 Å². The number of halogens is 2. The van der Waals surface area contributed by atoms with E-state index in [-0.39, 0.29) is 0 Å². The maximum atomic E-state index is 6.10. The molecule has 0 radical (unpaired) electrons. The van der Waals surface area contributed by atoms with Crippen LogP contribution in [-0.4, -0.2) is 16.1 Å². The lowest BCUT2D eigenvalue weighted by atomic mass is 10.3. The molecule has 2 N–H and O–H groups in total. The average molecular weight is 276 g/mol. The molecule has 0 spiro atoms. The van der Waals surface area contributed by atoms with E-state index < -0.39 is 0 Å². The summed E-state index contributed by atoms with van der Waals surface area (Å²) in [6, 6.07) is 0.507. The predicted molar refractivity (Wildman–Crippen MR) is 71.4 cm³/mol. The second-order valence-corrected chi connectivity index (χ2v) is 4.96. The van der Waals surface area contributed by atoms with Gasteiger partial charge in [-0.1, -0.05) is 23.2 Å². The maximum absolute atomic E-state index is 6.10. The van der Waals surface area contributed by atoms with Crippen molar-refractivity contribution in [3.63, 3.8) is 0 Å². The van der Waals surface area contributed by atoms with Gasteiger partial charge in [-0.05, 0) is 37.5 Å². The molecule has 86 valence electrons. The number of hydrogen-bond acceptors (Lipinski definition) is 2. The molecule has 3 nitrogen and oxygen atoms in total. The van der Waals surface area contributed by atoms with Gasteiger partial charge in [0.05, 0.1) is 10.0 Å². The summed E-state index contributed by atoms with van der Waals surface area (Å²) in [6.45, 7) is 1.84. The molecular formula is C10H11Cl2N3S. The first-order chi connectivity index (χ1) is 7.58. The van der Waals surface area contributed by atoms with Crippen molar-refractivity contribution in [1.29, 1.82) is 0 Å². The zero-order valence-electron chi connectivity index (χ0n) is 8.68. The van der Waals surface area contributed by atoms with Crippen LogP contribution in [0.3, 0.4) is 0 Å². The van der Waals surface area contributed by atoms with Gasteiger partial charge in [0.1, 0.15) is 0 Å². The fraction of sp³-hybridized carbons (Fsp3) is 0.400. The summed E-state index contributed by atoms with van der Waals surface area (Å²) in [6.07, 6.45) is 3.90. The molecule has 1 saturated carbocycles. The number of pyridine rings is 1. The van der Waals surface area contributed by atoms with Gasteiger partial charge in [0.2, 0.25) is 0 Å². The van der Waals surface area contributed by atoms with Crippen LogP contribution in [0.4, 0.5) is 5.82 Å². The van der Waals surface area contributed by atoms with Gasteiger partial charge in [-0.3, -0.25) is 0 Å². The van der Waals surface area contributed by atoms with E-state index in [0.717, 1.165) is 5.56 Å². The van der Waals surface area contributed by atoms with Gasteiger partial charge in [-0.25, -0.2) is 4.98 Å². The molecule has 0 aromatic carbocycles. The molecule has 1 aliphatic carbocycles. The molecular weight excluding hydrogens is 265 g/mol. The van der Waals surface area contributed by atoms with Gasteiger partial charge >= 0.3 is 0 Å². The number of nitrogens with zero attached hydrogens (tertiary/aromatic N) is 1. The topological polar surface area (TPSA) is 37.0 Å². The molecule has 0 bridgehead atoms. The monoisotopic (exact) mass is 275 g/mol. The van der Waals surface area contributed by atoms with Crippen molar-refractivity contribution in [2.24, 2.45) is 0 Å². The van der Waals surface area contributed by atoms with Crippen molar-refractivity contribution in [1.82, 2.24) is 10.3 Å². The van der Waals surface area contributed by atoms with Crippen LogP contribution in [0, 0.1) is 6.92 Å². The molecule has 0 unspecified atom stereocenters. The van der Waals surface area contributed by atoms with Crippen LogP contribution in [0.25, 0.3) is 0 Å². The third-order valence-corrected chi connectivity index (χ3v) is 3.41. The lowest BCUT2D eigenvalue weighted by Gasteiger charge is -2.11. The van der Waals surface area contributed by atoms with Gasteiger partial charge in [0, 0.05) is 12.2 Å². The van der Waals surface area contributed by atoms with Crippen LogP contribution in [0.5, 0.6) is 0 Å². The molecule has 16 heavy (non-hydrogen) atoms. The van der Waals surface area contributed by atoms with E-state index in [1.807, 2.05) is 6.92 Å². The van der Waals surface area contributed by atoms with Gasteiger partial charge in [0.15, 0.2) is 10.9 Å². The molecule has 1 aromatic heterocycles. The second-order valence-electron chi connectivity index (χ2n) is 3.77. The highest BCUT2D eigenvalue weighted by atomic mass is 35.5. The summed E-state index contributed by atoms with van der Waals surface area (Å²) in [5, 5.41) is 7.73. The molecule has 1 aliphatic rings. The van der Waals surface area contributed by atoms with Gasteiger partial charge in [-0.2, -0.15) is 0 Å². The lowest BCUT2D eigenvalue weighted by Crippen LogP contribution is -2.30. The standard InChI is InChI=1S/C10H11Cl2N3S/c1-5-7(11)4-13-9(8(5)12)15-10(16)14-6-2-3-6/h4,6H,2-3H2,1H3,(H2,13,14,15,16). The minimum absolute atomic E-state index is 0.507. The lowest BCUT2D eigenvalue weighted by molar-refractivity contribution is 0.918. The second kappa shape index (κ2) is 4.73. The van der Waals surface area contributed by atoms with E-state index in [4.69, 9.17) is 35.4 Å². The summed E-state index contributed by atoms with van der Waals surface area (Å²) in [5.74, 6) is 0.543. The van der Waals surface area contributed by atoms with Crippen molar-refractivity contribution in [3.8, 4) is 0 Å². The van der Waals surface area contributed by atoms with E-state index >= 15 is 0 Å². The Morgan fingerprint density at radius 1 is 1.50 bits per heavy atom. The molecule has 6 heteroatoms. The maximum Gasteiger partial charge on any atom is 0.172 e. The van der Waals surface area contributed by atoms with E-state index in [0.29, 0.717) is 27.0 Å². The number of hydrogen-bond donors (Lipinski definition) is 2. The first-order valence-electron chi connectivity index (χ1n) is 4.96. The fourth-order valence-corrected chi connectivity index (χ4v) is 1.85. The molecule has 2 rings (SSSR count). The Hall–Kier alpha value is -0.580. The fourth-order valence-electron chi connectivity index (χ4n) is 1.20. The molecule has 0 amide bonds. The SMILES string of the molecule is Cc1c(Cl)cnc(NC(=S)NC2CC2)c1Cl. The van der Waals surface area contributed by atoms with Crippen LogP contribution < -0.4 is 10.6 Å². The van der Waals surface area contributed by atoms with Gasteiger partial charge < -0.3 is 10.6 Å². The van der Waals surface area contributed by atoms with Crippen LogP contribution in [0.1, 0.15) is 18.4 Å². The summed E-state index contributed by atoms with van der Waals surface area (Å²) in [4.78, 5) is 4.10. The number of rotatable bonds is 2. The largest absolute Gasteiger partial charge is 0.360 e. The van der Waals surface area contributed by atoms with Crippen molar-refractivity contribution in [2.45, 2.75) is 25.8 Å². The number of aromatic nitrogens is 1. The summed E-state index contributed by atoms with van der Waals surface area (Å²) >= 11 is 17.1. The Morgan fingerprint density at radius 3 is 2.81 bits per heavy atom. The van der Waals surface area contributed by atoms with Crippen molar-refractivity contribution in [3.05, 3.63) is 21.8 Å². The third kappa shape index (κ3) is 2.75. The van der Waals surface area contributed by atoms with Crippen molar-refractivity contribution >= 4 is 46.4 Å². The van der Waals surface area contributed by atoms with Gasteiger partial charge in [-0.15, -0.1) is 0 Å². The highest BCUT2D eigenvalue weighted by Crippen LogP contribution is 2.28. The van der Waals surface area contributed by atoms with E-state index in [1.165, 1.54) is 12.8 Å². The molecule has 1 fully saturated rings. The van der Waals surface area contributed by atoms with Crippen LogP contribution in [-0.2, 0) is 0 Å². The van der Waals surface area contributed by atoms with Crippen molar-refractivity contribution in [2.75, 3.05) is 5.32 Å². The van der Waals surface area contributed by atoms with Crippen LogP contribution in [0.15, 0.2) is 6.20 Å². The zero-order valence-corrected chi connectivity index (χ0v) is 11.0. The minimum Gasteiger partial charge on any atom is -0.360 e. The van der Waals surface area contributed by atoms with Gasteiger partial charge in [0.25, 0.3) is 0 Å². The normalized spacial score (nSPS) is 14.7. The third-order valence-electron chi connectivity index (χ3n) is 2.35. The molecule has 1 heterocycles. The smallest absolute Gasteiger partial charge is 0.172 e. The number of anilines is 1. The Labute approximate surface area is 110 Å². The van der Waals surface area contributed by atoms with Crippen molar-refractivity contribution < 1.29 is 0 Å². The van der Waals surface area contributed by atoms with E-state index in [9.17, 15) is 0 Å². The average Bonchev–Trinajstić information content (AvgIpc) is 3.03. The highest BCUT2D eigenvalue weighted by molar-refractivity contribution is 7.80. The number of thiocarbonyl (C=S) groups is 1. The number of nitrogens with one attached hydrogen (secondary N) is 2. The Balaban J connectivity index is 2.08. The zero-order chi connectivity index (χ0) is 11.7. The Kier molecular flexibility index (Phi) is 3.52. The van der Waals surface area contributed by atoms with E-state index in [2.05, 4.69) is 15.6 Å². The summed E-state index contributed by atoms with van der Waals surface area (Å²) in [7, 11) is 0. The quantitative estimate of drug-likeness (QED) is 0.814.